The van der Waals surface area contributed by atoms with Crippen LogP contribution in [0.3, 0.4) is 0 Å². The van der Waals surface area contributed by atoms with Gasteiger partial charge in [-0.3, -0.25) is 19.5 Å². The highest BCUT2D eigenvalue weighted by Gasteiger charge is 2.17. The Balaban J connectivity index is 1.81. The van der Waals surface area contributed by atoms with Crippen molar-refractivity contribution in [1.82, 2.24) is 20.2 Å². The van der Waals surface area contributed by atoms with E-state index in [2.05, 4.69) is 15.6 Å². The van der Waals surface area contributed by atoms with Crippen LogP contribution in [0.15, 0.2) is 41.5 Å². The number of benzene rings is 1. The maximum atomic E-state index is 12.9. The zero-order chi connectivity index (χ0) is 20.1. The summed E-state index contributed by atoms with van der Waals surface area (Å²) in [6.07, 6.45) is 3.13. The summed E-state index contributed by atoms with van der Waals surface area (Å²) in [6.45, 7) is 4.13. The standard InChI is InChI=1S/C20H22N4O3S/c1-3-4-10-21-20(27)23-15(25)11-24-12-22-18-16(19(24)26)13(2)17(28-18)14-8-6-5-7-9-14/h5-9,12H,3-4,10-11H2,1-2H3,(H2,21,23,25,27). The predicted molar refractivity (Wildman–Crippen MR) is 111 cm³/mol. The number of carbonyl (C=O) groups excluding carboxylic acids is 2. The summed E-state index contributed by atoms with van der Waals surface area (Å²) < 4.78 is 1.23. The van der Waals surface area contributed by atoms with Crippen LogP contribution in [0, 0.1) is 6.92 Å². The molecule has 8 heteroatoms. The van der Waals surface area contributed by atoms with Gasteiger partial charge in [0.25, 0.3) is 5.56 Å². The number of nitrogens with zero attached hydrogens (tertiary/aromatic N) is 2. The first-order chi connectivity index (χ1) is 13.5. The molecule has 0 saturated carbocycles. The SMILES string of the molecule is CCCCNC(=O)NC(=O)Cn1cnc2sc(-c3ccccc3)c(C)c2c1=O. The molecule has 0 aliphatic heterocycles. The molecule has 3 amide bonds. The van der Waals surface area contributed by atoms with Crippen molar-refractivity contribution in [2.45, 2.75) is 33.2 Å². The number of rotatable bonds is 6. The van der Waals surface area contributed by atoms with Crippen molar-refractivity contribution in [3.05, 3.63) is 52.6 Å². The fourth-order valence-corrected chi connectivity index (χ4v) is 4.03. The maximum absolute atomic E-state index is 12.9. The van der Waals surface area contributed by atoms with Crippen molar-refractivity contribution in [2.24, 2.45) is 0 Å². The molecule has 0 fully saturated rings. The molecule has 0 atom stereocenters. The summed E-state index contributed by atoms with van der Waals surface area (Å²) in [6, 6.07) is 9.25. The largest absolute Gasteiger partial charge is 0.338 e. The zero-order valence-electron chi connectivity index (χ0n) is 15.8. The van der Waals surface area contributed by atoms with Gasteiger partial charge in [-0.25, -0.2) is 9.78 Å². The number of unbranched alkanes of at least 4 members (excludes halogenated alkanes) is 1. The van der Waals surface area contributed by atoms with Crippen molar-refractivity contribution in [3.8, 4) is 10.4 Å². The molecule has 0 saturated heterocycles. The third-order valence-corrected chi connectivity index (χ3v) is 5.58. The number of nitrogens with one attached hydrogen (secondary N) is 2. The van der Waals surface area contributed by atoms with Crippen molar-refractivity contribution >= 4 is 33.5 Å². The fraction of sp³-hybridized carbons (Fsp3) is 0.300. The molecule has 1 aromatic carbocycles. The lowest BCUT2D eigenvalue weighted by atomic mass is 10.1. The minimum Gasteiger partial charge on any atom is -0.338 e. The summed E-state index contributed by atoms with van der Waals surface area (Å²) in [4.78, 5) is 42.6. The first-order valence-electron chi connectivity index (χ1n) is 9.13. The molecule has 3 aromatic rings. The van der Waals surface area contributed by atoms with Gasteiger partial charge in [0.1, 0.15) is 11.4 Å². The van der Waals surface area contributed by atoms with Gasteiger partial charge >= 0.3 is 6.03 Å². The van der Waals surface area contributed by atoms with E-state index in [4.69, 9.17) is 0 Å². The minimum absolute atomic E-state index is 0.265. The molecule has 3 rings (SSSR count). The van der Waals surface area contributed by atoms with E-state index < -0.39 is 11.9 Å². The molecule has 2 N–H and O–H groups in total. The fourth-order valence-electron chi connectivity index (χ4n) is 2.88. The number of imide groups is 1. The molecule has 0 unspecified atom stereocenters. The van der Waals surface area contributed by atoms with E-state index in [1.807, 2.05) is 44.2 Å². The number of urea groups is 1. The second-order valence-electron chi connectivity index (χ2n) is 6.44. The first kappa shape index (κ1) is 19.8. The van der Waals surface area contributed by atoms with Gasteiger partial charge in [-0.2, -0.15) is 0 Å². The summed E-state index contributed by atoms with van der Waals surface area (Å²) in [7, 11) is 0. The Kier molecular flexibility index (Phi) is 6.20. The van der Waals surface area contributed by atoms with E-state index in [0.29, 0.717) is 16.8 Å². The lowest BCUT2D eigenvalue weighted by Gasteiger charge is -2.07. The lowest BCUT2D eigenvalue weighted by Crippen LogP contribution is -2.42. The lowest BCUT2D eigenvalue weighted by molar-refractivity contribution is -0.120. The van der Waals surface area contributed by atoms with Gasteiger partial charge in [0.05, 0.1) is 11.7 Å². The van der Waals surface area contributed by atoms with Crippen molar-refractivity contribution < 1.29 is 9.59 Å². The molecule has 0 aliphatic rings. The van der Waals surface area contributed by atoms with Gasteiger partial charge < -0.3 is 5.32 Å². The van der Waals surface area contributed by atoms with Gasteiger partial charge in [-0.05, 0) is 24.5 Å². The third-order valence-electron chi connectivity index (χ3n) is 4.34. The molecule has 2 aromatic heterocycles. The van der Waals surface area contributed by atoms with E-state index in [0.717, 1.165) is 28.8 Å². The second kappa shape index (κ2) is 8.79. The number of fused-ring (bicyclic) bond motifs is 1. The quantitative estimate of drug-likeness (QED) is 0.624. The van der Waals surface area contributed by atoms with E-state index >= 15 is 0 Å². The van der Waals surface area contributed by atoms with Gasteiger partial charge in [-0.1, -0.05) is 43.7 Å². The Bertz CT molecular complexity index is 1060. The van der Waals surface area contributed by atoms with Crippen LogP contribution in [0.1, 0.15) is 25.3 Å². The molecule has 0 bridgehead atoms. The number of hydrogen-bond donors (Lipinski definition) is 2. The normalized spacial score (nSPS) is 10.8. The molecular formula is C20H22N4O3S. The van der Waals surface area contributed by atoms with Crippen LogP contribution in [-0.4, -0.2) is 28.0 Å². The highest BCUT2D eigenvalue weighted by molar-refractivity contribution is 7.22. The highest BCUT2D eigenvalue weighted by Crippen LogP contribution is 2.35. The van der Waals surface area contributed by atoms with E-state index in [1.54, 1.807) is 0 Å². The van der Waals surface area contributed by atoms with Gasteiger partial charge in [-0.15, -0.1) is 11.3 Å². The Labute approximate surface area is 166 Å². The van der Waals surface area contributed by atoms with E-state index in [-0.39, 0.29) is 12.1 Å². The molecule has 0 radical (unpaired) electrons. The molecular weight excluding hydrogens is 376 g/mol. The van der Waals surface area contributed by atoms with Crippen LogP contribution in [-0.2, 0) is 11.3 Å². The van der Waals surface area contributed by atoms with Crippen LogP contribution in [0.5, 0.6) is 0 Å². The molecule has 2 heterocycles. The summed E-state index contributed by atoms with van der Waals surface area (Å²) in [5.74, 6) is -0.562. The number of aromatic nitrogens is 2. The molecule has 7 nitrogen and oxygen atoms in total. The van der Waals surface area contributed by atoms with E-state index in [9.17, 15) is 14.4 Å². The first-order valence-corrected chi connectivity index (χ1v) is 9.94. The number of thiophene rings is 1. The topological polar surface area (TPSA) is 93.1 Å². The number of carbonyl (C=O) groups is 2. The van der Waals surface area contributed by atoms with Crippen molar-refractivity contribution in [2.75, 3.05) is 6.54 Å². The molecule has 0 aliphatic carbocycles. The van der Waals surface area contributed by atoms with Crippen LogP contribution >= 0.6 is 11.3 Å². The molecule has 0 spiro atoms. The monoisotopic (exact) mass is 398 g/mol. The molecule has 146 valence electrons. The highest BCUT2D eigenvalue weighted by atomic mass is 32.1. The summed E-state index contributed by atoms with van der Waals surface area (Å²) >= 11 is 1.45. The van der Waals surface area contributed by atoms with Crippen molar-refractivity contribution in [1.29, 1.82) is 0 Å². The minimum atomic E-state index is -0.562. The third kappa shape index (κ3) is 4.28. The van der Waals surface area contributed by atoms with Crippen molar-refractivity contribution in [3.63, 3.8) is 0 Å². The van der Waals surface area contributed by atoms with Crippen LogP contribution in [0.4, 0.5) is 4.79 Å². The average molecular weight is 398 g/mol. The van der Waals surface area contributed by atoms with Crippen LogP contribution in [0.2, 0.25) is 0 Å². The Morgan fingerprint density at radius 1 is 1.21 bits per heavy atom. The second-order valence-corrected chi connectivity index (χ2v) is 7.44. The summed E-state index contributed by atoms with van der Waals surface area (Å²) in [5, 5.41) is 5.34. The Hall–Kier alpha value is -3.00. The van der Waals surface area contributed by atoms with Gasteiger partial charge in [0.15, 0.2) is 0 Å². The number of hydrogen-bond acceptors (Lipinski definition) is 5. The smallest absolute Gasteiger partial charge is 0.321 e. The average Bonchev–Trinajstić information content (AvgIpc) is 3.02. The number of aryl methyl sites for hydroxylation is 1. The van der Waals surface area contributed by atoms with E-state index in [1.165, 1.54) is 22.2 Å². The zero-order valence-corrected chi connectivity index (χ0v) is 16.6. The number of amides is 3. The Morgan fingerprint density at radius 3 is 2.68 bits per heavy atom. The predicted octanol–water partition coefficient (Wildman–Crippen LogP) is 3.06. The van der Waals surface area contributed by atoms with Crippen LogP contribution in [0.25, 0.3) is 20.7 Å². The van der Waals surface area contributed by atoms with Gasteiger partial charge in [0.2, 0.25) is 5.91 Å². The summed E-state index contributed by atoms with van der Waals surface area (Å²) in [5.41, 5.74) is 1.58. The Morgan fingerprint density at radius 2 is 1.96 bits per heavy atom. The van der Waals surface area contributed by atoms with Gasteiger partial charge in [0, 0.05) is 11.4 Å². The maximum Gasteiger partial charge on any atom is 0.321 e. The van der Waals surface area contributed by atoms with Crippen LogP contribution < -0.4 is 16.2 Å². The molecule has 28 heavy (non-hydrogen) atoms.